The zero-order valence-corrected chi connectivity index (χ0v) is 20.2. The van der Waals surface area contributed by atoms with E-state index in [0.717, 1.165) is 42.9 Å². The molecule has 2 heterocycles. The summed E-state index contributed by atoms with van der Waals surface area (Å²) in [6.07, 6.45) is 1.07. The first-order chi connectivity index (χ1) is 16.9. The zero-order chi connectivity index (χ0) is 24.8. The van der Waals surface area contributed by atoms with Crippen molar-refractivity contribution in [3.63, 3.8) is 0 Å². The summed E-state index contributed by atoms with van der Waals surface area (Å²) in [5, 5.41) is 3.69. The van der Waals surface area contributed by atoms with Crippen molar-refractivity contribution in [3.05, 3.63) is 59.7 Å². The number of likely N-dealkylation sites (N-methyl/N-ethyl adjacent to an activating group) is 1. The van der Waals surface area contributed by atoms with E-state index in [1.165, 1.54) is 0 Å². The van der Waals surface area contributed by atoms with Gasteiger partial charge >= 0.3 is 5.97 Å². The molecule has 3 N–H and O–H groups in total. The van der Waals surface area contributed by atoms with Crippen molar-refractivity contribution in [1.82, 2.24) is 20.2 Å². The number of nitrogens with two attached hydrogens (primary N) is 1. The Morgan fingerprint density at radius 1 is 1.09 bits per heavy atom. The van der Waals surface area contributed by atoms with Gasteiger partial charge in [0.2, 0.25) is 5.95 Å². The number of piperazine rings is 1. The molecular formula is C26H32N6O3. The van der Waals surface area contributed by atoms with E-state index in [1.54, 1.807) is 19.1 Å². The predicted molar refractivity (Wildman–Crippen MR) is 136 cm³/mol. The number of anilines is 2. The number of carbonyl (C=O) groups excluding carboxylic acids is 2. The Balaban J connectivity index is 1.53. The van der Waals surface area contributed by atoms with Crippen molar-refractivity contribution in [2.75, 3.05) is 50.5 Å². The van der Waals surface area contributed by atoms with E-state index < -0.39 is 12.0 Å². The second kappa shape index (κ2) is 11.1. The number of fused-ring (bicyclic) bond motifs is 1. The van der Waals surface area contributed by atoms with Gasteiger partial charge in [-0.05, 0) is 50.6 Å². The minimum Gasteiger partial charge on any atom is -0.464 e. The second-order valence-electron chi connectivity index (χ2n) is 8.73. The molecule has 0 radical (unpaired) electrons. The molecule has 1 atom stereocenters. The SMILES string of the molecule is CCOC(=O)[C@H](CCc1ccccc1)NC(=O)c1ccc2c(N3CCN(C)CC3)nc(N)nc2c1. The van der Waals surface area contributed by atoms with E-state index in [2.05, 4.69) is 32.1 Å². The predicted octanol–water partition coefficient (Wildman–Crippen LogP) is 2.26. The number of nitrogens with zero attached hydrogens (tertiary/aromatic N) is 4. The Labute approximate surface area is 205 Å². The number of benzene rings is 2. The van der Waals surface area contributed by atoms with Crippen molar-refractivity contribution < 1.29 is 14.3 Å². The van der Waals surface area contributed by atoms with Gasteiger partial charge in [-0.15, -0.1) is 0 Å². The Morgan fingerprint density at radius 2 is 1.83 bits per heavy atom. The fourth-order valence-corrected chi connectivity index (χ4v) is 4.22. The topological polar surface area (TPSA) is 114 Å². The molecule has 1 aliphatic rings. The number of esters is 1. The average Bonchev–Trinajstić information content (AvgIpc) is 2.86. The van der Waals surface area contributed by atoms with Gasteiger partial charge in [-0.3, -0.25) is 4.79 Å². The molecular weight excluding hydrogens is 444 g/mol. The van der Waals surface area contributed by atoms with Gasteiger partial charge in [0.25, 0.3) is 5.91 Å². The molecule has 1 amide bonds. The van der Waals surface area contributed by atoms with Gasteiger partial charge in [0.05, 0.1) is 12.1 Å². The molecule has 4 rings (SSSR count). The lowest BCUT2D eigenvalue weighted by Crippen LogP contribution is -2.45. The summed E-state index contributed by atoms with van der Waals surface area (Å²) in [6.45, 7) is 5.55. The van der Waals surface area contributed by atoms with Crippen LogP contribution < -0.4 is 16.0 Å². The smallest absolute Gasteiger partial charge is 0.328 e. The molecule has 35 heavy (non-hydrogen) atoms. The van der Waals surface area contributed by atoms with Gasteiger partial charge in [0.1, 0.15) is 11.9 Å². The van der Waals surface area contributed by atoms with Crippen LogP contribution in [0.1, 0.15) is 29.3 Å². The summed E-state index contributed by atoms with van der Waals surface area (Å²) in [4.78, 5) is 39.0. The standard InChI is InChI=1S/C26H32N6O3/c1-3-35-25(34)21(12-9-18-7-5-4-6-8-18)28-24(33)19-10-11-20-22(17-19)29-26(27)30-23(20)32-15-13-31(2)14-16-32/h4-8,10-11,17,21H,3,9,12-16H2,1-2H3,(H,28,33)(H2,27,29,30)/t21-/m0/s1. The maximum atomic E-state index is 13.1. The number of aromatic nitrogens is 2. The second-order valence-corrected chi connectivity index (χ2v) is 8.73. The quantitative estimate of drug-likeness (QED) is 0.476. The van der Waals surface area contributed by atoms with Crippen LogP contribution >= 0.6 is 0 Å². The third-order valence-corrected chi connectivity index (χ3v) is 6.20. The van der Waals surface area contributed by atoms with E-state index in [-0.39, 0.29) is 18.5 Å². The number of nitrogens with one attached hydrogen (secondary N) is 1. The van der Waals surface area contributed by atoms with Gasteiger partial charge in [-0.2, -0.15) is 4.98 Å². The van der Waals surface area contributed by atoms with E-state index in [4.69, 9.17) is 10.5 Å². The van der Waals surface area contributed by atoms with Gasteiger partial charge < -0.3 is 25.6 Å². The van der Waals surface area contributed by atoms with Crippen molar-refractivity contribution in [2.24, 2.45) is 0 Å². The molecule has 0 saturated carbocycles. The van der Waals surface area contributed by atoms with Crippen LogP contribution in [0.15, 0.2) is 48.5 Å². The van der Waals surface area contributed by atoms with Crippen molar-refractivity contribution >= 4 is 34.5 Å². The minimum atomic E-state index is -0.755. The van der Waals surface area contributed by atoms with Gasteiger partial charge in [0.15, 0.2) is 0 Å². The van der Waals surface area contributed by atoms with Gasteiger partial charge in [0, 0.05) is 37.1 Å². The first-order valence-electron chi connectivity index (χ1n) is 12.0. The van der Waals surface area contributed by atoms with E-state index in [0.29, 0.717) is 23.9 Å². The summed E-state index contributed by atoms with van der Waals surface area (Å²) < 4.78 is 5.21. The highest BCUT2D eigenvalue weighted by Gasteiger charge is 2.24. The van der Waals surface area contributed by atoms with Crippen LogP contribution in [0.4, 0.5) is 11.8 Å². The number of hydrogen-bond donors (Lipinski definition) is 2. The molecule has 0 bridgehead atoms. The monoisotopic (exact) mass is 476 g/mol. The van der Waals surface area contributed by atoms with E-state index in [1.807, 2.05) is 36.4 Å². The van der Waals surface area contributed by atoms with Crippen molar-refractivity contribution in [3.8, 4) is 0 Å². The maximum absolute atomic E-state index is 13.1. The lowest BCUT2D eigenvalue weighted by atomic mass is 10.0. The highest BCUT2D eigenvalue weighted by Crippen LogP contribution is 2.26. The summed E-state index contributed by atoms with van der Waals surface area (Å²) >= 11 is 0. The molecule has 1 aliphatic heterocycles. The molecule has 9 heteroatoms. The maximum Gasteiger partial charge on any atom is 0.328 e. The number of ether oxygens (including phenoxy) is 1. The van der Waals surface area contributed by atoms with Crippen LogP contribution in [-0.4, -0.2) is 72.6 Å². The fourth-order valence-electron chi connectivity index (χ4n) is 4.22. The molecule has 9 nitrogen and oxygen atoms in total. The van der Waals surface area contributed by atoms with Crippen molar-refractivity contribution in [1.29, 1.82) is 0 Å². The third-order valence-electron chi connectivity index (χ3n) is 6.20. The molecule has 2 aromatic carbocycles. The molecule has 0 unspecified atom stereocenters. The molecule has 184 valence electrons. The van der Waals surface area contributed by atoms with Gasteiger partial charge in [-0.1, -0.05) is 30.3 Å². The minimum absolute atomic E-state index is 0.163. The first-order valence-corrected chi connectivity index (χ1v) is 12.0. The lowest BCUT2D eigenvalue weighted by Gasteiger charge is -2.33. The average molecular weight is 477 g/mol. The molecule has 1 aromatic heterocycles. The van der Waals surface area contributed by atoms with Crippen LogP contribution in [0.25, 0.3) is 10.9 Å². The first kappa shape index (κ1) is 24.4. The zero-order valence-electron chi connectivity index (χ0n) is 20.2. The molecule has 1 fully saturated rings. The molecule has 1 saturated heterocycles. The Bertz CT molecular complexity index is 1180. The van der Waals surface area contributed by atoms with Crippen LogP contribution in [0.3, 0.4) is 0 Å². The number of nitrogen functional groups attached to an aromatic ring is 1. The van der Waals surface area contributed by atoms with E-state index >= 15 is 0 Å². The van der Waals surface area contributed by atoms with Crippen LogP contribution in [-0.2, 0) is 16.0 Å². The summed E-state index contributed by atoms with van der Waals surface area (Å²) in [7, 11) is 2.10. The number of aryl methyl sites for hydroxylation is 1. The van der Waals surface area contributed by atoms with E-state index in [9.17, 15) is 9.59 Å². The Kier molecular flexibility index (Phi) is 7.77. The highest BCUT2D eigenvalue weighted by atomic mass is 16.5. The highest BCUT2D eigenvalue weighted by molar-refractivity contribution is 6.01. The number of carbonyl (C=O) groups is 2. The summed E-state index contributed by atoms with van der Waals surface area (Å²) in [5.41, 5.74) is 8.09. The lowest BCUT2D eigenvalue weighted by molar-refractivity contribution is -0.145. The van der Waals surface area contributed by atoms with Crippen LogP contribution in [0.2, 0.25) is 0 Å². The normalized spacial score (nSPS) is 15.1. The number of rotatable bonds is 8. The van der Waals surface area contributed by atoms with Crippen molar-refractivity contribution in [2.45, 2.75) is 25.8 Å². The molecule has 0 spiro atoms. The summed E-state index contributed by atoms with van der Waals surface area (Å²) in [6, 6.07) is 14.4. The van der Waals surface area contributed by atoms with Gasteiger partial charge in [-0.25, -0.2) is 9.78 Å². The number of amides is 1. The summed E-state index contributed by atoms with van der Waals surface area (Å²) in [5.74, 6) is 0.133. The van der Waals surface area contributed by atoms with Crippen LogP contribution in [0, 0.1) is 0 Å². The Morgan fingerprint density at radius 3 is 2.54 bits per heavy atom. The molecule has 3 aromatic rings. The third kappa shape index (κ3) is 6.05. The Hall–Kier alpha value is -3.72. The number of hydrogen-bond acceptors (Lipinski definition) is 8. The molecule has 0 aliphatic carbocycles. The largest absolute Gasteiger partial charge is 0.464 e. The van der Waals surface area contributed by atoms with Crippen LogP contribution in [0.5, 0.6) is 0 Å². The fraction of sp³-hybridized carbons (Fsp3) is 0.385.